The van der Waals surface area contributed by atoms with Crippen LogP contribution in [0.25, 0.3) is 0 Å². The molecule has 4 heterocycles. The first-order valence-electron chi connectivity index (χ1n) is 19.1. The number of aromatic hydroxyl groups is 1. The largest absolute Gasteiger partial charge is 0.507 e. The fourth-order valence-corrected chi connectivity index (χ4v) is 8.38. The molecule has 1 atom stereocenters. The number of likely N-dealkylation sites (tertiary alicyclic amines) is 2. The SMILES string of the molecule is CCOC(=O)CCC(=O)N1CCN(C2CCN(C(=O)C(Cc3ccc(O)c(Br)c3)OC(=O)N3CCC(N4CCc5ccccc5NC4=O)CC3)CC2)CC1. The third kappa shape index (κ3) is 9.83. The number of halogens is 1. The third-order valence-corrected chi connectivity index (χ3v) is 11.7. The minimum atomic E-state index is -1.05. The first-order valence-corrected chi connectivity index (χ1v) is 19.9. The lowest BCUT2D eigenvalue weighted by atomic mass is 10.00. The predicted octanol–water partition coefficient (Wildman–Crippen LogP) is 4.24. The molecule has 0 aliphatic carbocycles. The van der Waals surface area contributed by atoms with Crippen molar-refractivity contribution >= 4 is 51.5 Å². The number of benzene rings is 2. The third-order valence-electron chi connectivity index (χ3n) is 11.1. The van der Waals surface area contributed by atoms with Crippen molar-refractivity contribution in [1.82, 2.24) is 24.5 Å². The number of phenols is 1. The number of para-hydroxylation sites is 1. The number of nitrogens with one attached hydrogen (secondary N) is 1. The molecule has 3 saturated heterocycles. The Balaban J connectivity index is 1.01. The van der Waals surface area contributed by atoms with Crippen LogP contribution in [0.3, 0.4) is 0 Å². The molecule has 0 aromatic heterocycles. The van der Waals surface area contributed by atoms with Crippen LogP contribution in [-0.4, -0.2) is 143 Å². The number of hydrogen-bond acceptors (Lipinski definition) is 9. The number of fused-ring (bicyclic) bond motifs is 1. The molecule has 54 heavy (non-hydrogen) atoms. The van der Waals surface area contributed by atoms with Gasteiger partial charge in [-0.1, -0.05) is 24.3 Å². The molecule has 1 unspecified atom stereocenters. The fraction of sp³-hybridized carbons (Fsp3) is 0.564. The normalized spacial score (nSPS) is 19.4. The first kappa shape index (κ1) is 39.3. The minimum absolute atomic E-state index is 0.0174. The average molecular weight is 812 g/mol. The Bertz CT molecular complexity index is 1670. The second kappa shape index (κ2) is 18.3. The van der Waals surface area contributed by atoms with Gasteiger partial charge in [-0.05, 0) is 84.3 Å². The molecule has 0 bridgehead atoms. The summed E-state index contributed by atoms with van der Waals surface area (Å²) in [6.07, 6.45) is 2.27. The van der Waals surface area contributed by atoms with Gasteiger partial charge in [-0.15, -0.1) is 0 Å². The second-order valence-electron chi connectivity index (χ2n) is 14.4. The fourth-order valence-electron chi connectivity index (χ4n) is 7.96. The maximum Gasteiger partial charge on any atom is 0.410 e. The Labute approximate surface area is 324 Å². The lowest BCUT2D eigenvalue weighted by Crippen LogP contribution is -2.56. The van der Waals surface area contributed by atoms with Gasteiger partial charge in [-0.3, -0.25) is 19.3 Å². The van der Waals surface area contributed by atoms with Gasteiger partial charge in [0.05, 0.1) is 17.5 Å². The molecule has 2 aromatic carbocycles. The molecule has 4 aliphatic heterocycles. The van der Waals surface area contributed by atoms with Crippen molar-refractivity contribution in [2.24, 2.45) is 0 Å². The smallest absolute Gasteiger partial charge is 0.410 e. The lowest BCUT2D eigenvalue weighted by molar-refractivity contribution is -0.146. The molecular formula is C39H51BrN6O8. The van der Waals surface area contributed by atoms with E-state index in [4.69, 9.17) is 9.47 Å². The van der Waals surface area contributed by atoms with Crippen molar-refractivity contribution in [2.75, 3.05) is 70.8 Å². The van der Waals surface area contributed by atoms with Crippen molar-refractivity contribution in [3.05, 3.63) is 58.1 Å². The van der Waals surface area contributed by atoms with E-state index < -0.39 is 12.2 Å². The lowest BCUT2D eigenvalue weighted by Gasteiger charge is -2.43. The Morgan fingerprint density at radius 3 is 2.24 bits per heavy atom. The summed E-state index contributed by atoms with van der Waals surface area (Å²) in [7, 11) is 0. The molecule has 3 fully saturated rings. The number of anilines is 1. The number of carbonyl (C=O) groups is 5. The van der Waals surface area contributed by atoms with Crippen molar-refractivity contribution in [3.8, 4) is 5.75 Å². The van der Waals surface area contributed by atoms with Crippen LogP contribution in [0.15, 0.2) is 46.9 Å². The van der Waals surface area contributed by atoms with Crippen LogP contribution in [-0.2, 0) is 36.7 Å². The van der Waals surface area contributed by atoms with Crippen LogP contribution in [0.4, 0.5) is 15.3 Å². The molecule has 15 heteroatoms. The number of phenolic OH excluding ortho intramolecular Hbond substituents is 1. The van der Waals surface area contributed by atoms with Crippen molar-refractivity contribution < 1.29 is 38.6 Å². The summed E-state index contributed by atoms with van der Waals surface area (Å²) in [6, 6.07) is 12.9. The molecule has 14 nitrogen and oxygen atoms in total. The number of piperazine rings is 1. The van der Waals surface area contributed by atoms with Gasteiger partial charge < -0.3 is 39.5 Å². The van der Waals surface area contributed by atoms with Gasteiger partial charge in [-0.25, -0.2) is 9.59 Å². The standard InChI is InChI=1S/C39H51BrN6O8/c1-2-53-36(49)10-9-35(48)43-23-21-42(22-24-43)29-12-16-44(17-13-29)37(50)34(26-27-7-8-33(47)31(40)25-27)54-39(52)45-18-14-30(15-19-45)46-20-11-28-5-3-4-6-32(28)41-38(46)51/h3-8,25,29-30,34,47H,2,9-24,26H2,1H3,(H,41,51). The van der Waals surface area contributed by atoms with E-state index in [-0.39, 0.29) is 60.9 Å². The summed E-state index contributed by atoms with van der Waals surface area (Å²) < 4.78 is 11.4. The molecule has 0 saturated carbocycles. The van der Waals surface area contributed by atoms with Crippen LogP contribution in [0, 0.1) is 0 Å². The molecule has 2 N–H and O–H groups in total. The molecule has 2 aromatic rings. The van der Waals surface area contributed by atoms with E-state index in [9.17, 15) is 29.1 Å². The highest BCUT2D eigenvalue weighted by molar-refractivity contribution is 9.10. The Hall–Kier alpha value is -4.37. The van der Waals surface area contributed by atoms with Crippen LogP contribution < -0.4 is 5.32 Å². The average Bonchev–Trinajstić information content (AvgIpc) is 3.36. The second-order valence-corrected chi connectivity index (χ2v) is 15.2. The summed E-state index contributed by atoms with van der Waals surface area (Å²) in [6.45, 7) is 7.14. The highest BCUT2D eigenvalue weighted by Crippen LogP contribution is 2.28. The van der Waals surface area contributed by atoms with Gasteiger partial charge in [0, 0.05) is 89.5 Å². The van der Waals surface area contributed by atoms with Crippen molar-refractivity contribution in [1.29, 1.82) is 0 Å². The summed E-state index contributed by atoms with van der Waals surface area (Å²) in [5.41, 5.74) is 2.68. The van der Waals surface area contributed by atoms with E-state index in [0.29, 0.717) is 69.7 Å². The molecule has 0 spiro atoms. The number of piperidine rings is 2. The van der Waals surface area contributed by atoms with Gasteiger partial charge in [-0.2, -0.15) is 0 Å². The van der Waals surface area contributed by atoms with E-state index in [2.05, 4.69) is 26.1 Å². The zero-order chi connectivity index (χ0) is 38.2. The van der Waals surface area contributed by atoms with E-state index in [1.54, 1.807) is 34.9 Å². The van der Waals surface area contributed by atoms with Crippen LogP contribution in [0.5, 0.6) is 5.75 Å². The minimum Gasteiger partial charge on any atom is -0.507 e. The topological polar surface area (TPSA) is 152 Å². The molecular weight excluding hydrogens is 760 g/mol. The van der Waals surface area contributed by atoms with Crippen LogP contribution in [0.1, 0.15) is 56.6 Å². The highest BCUT2D eigenvalue weighted by Gasteiger charge is 2.37. The molecule has 4 aliphatic rings. The van der Waals surface area contributed by atoms with Gasteiger partial charge in [0.15, 0.2) is 6.10 Å². The van der Waals surface area contributed by atoms with Crippen molar-refractivity contribution in [2.45, 2.75) is 76.5 Å². The van der Waals surface area contributed by atoms with Gasteiger partial charge in [0.1, 0.15) is 5.75 Å². The number of urea groups is 1. The number of nitrogens with zero attached hydrogens (tertiary/aromatic N) is 5. The molecule has 5 amide bonds. The summed E-state index contributed by atoms with van der Waals surface area (Å²) in [4.78, 5) is 74.6. The van der Waals surface area contributed by atoms with Crippen molar-refractivity contribution in [3.63, 3.8) is 0 Å². The molecule has 0 radical (unpaired) electrons. The predicted molar refractivity (Wildman–Crippen MR) is 204 cm³/mol. The molecule has 292 valence electrons. The summed E-state index contributed by atoms with van der Waals surface area (Å²) in [5.74, 6) is -0.568. The van der Waals surface area contributed by atoms with Gasteiger partial charge in [0.25, 0.3) is 5.91 Å². The Morgan fingerprint density at radius 1 is 0.852 bits per heavy atom. The molecule has 6 rings (SSSR count). The quantitative estimate of drug-likeness (QED) is 0.336. The number of ether oxygens (including phenoxy) is 2. The number of hydrogen-bond donors (Lipinski definition) is 2. The number of esters is 1. The highest BCUT2D eigenvalue weighted by atomic mass is 79.9. The zero-order valence-electron chi connectivity index (χ0n) is 30.9. The van der Waals surface area contributed by atoms with Crippen LogP contribution in [0.2, 0.25) is 0 Å². The van der Waals surface area contributed by atoms with Crippen LogP contribution >= 0.6 is 15.9 Å². The van der Waals surface area contributed by atoms with E-state index in [0.717, 1.165) is 49.2 Å². The van der Waals surface area contributed by atoms with E-state index in [1.807, 2.05) is 34.1 Å². The number of amides is 5. The van der Waals surface area contributed by atoms with E-state index >= 15 is 0 Å². The Morgan fingerprint density at radius 2 is 1.54 bits per heavy atom. The first-order chi connectivity index (χ1) is 26.1. The maximum absolute atomic E-state index is 14.1. The van der Waals surface area contributed by atoms with E-state index in [1.165, 1.54) is 0 Å². The monoisotopic (exact) mass is 810 g/mol. The maximum atomic E-state index is 14.1. The van der Waals surface area contributed by atoms with Gasteiger partial charge in [0.2, 0.25) is 5.91 Å². The Kier molecular flexibility index (Phi) is 13.3. The number of carbonyl (C=O) groups excluding carboxylic acids is 5. The summed E-state index contributed by atoms with van der Waals surface area (Å²) >= 11 is 3.36. The summed E-state index contributed by atoms with van der Waals surface area (Å²) in [5, 5.41) is 13.1. The zero-order valence-corrected chi connectivity index (χ0v) is 32.5. The number of rotatable bonds is 10. The van der Waals surface area contributed by atoms with Gasteiger partial charge >= 0.3 is 18.1 Å².